The summed E-state index contributed by atoms with van der Waals surface area (Å²) in [6.45, 7) is 1.15. The fourth-order valence-electron chi connectivity index (χ4n) is 2.31. The summed E-state index contributed by atoms with van der Waals surface area (Å²) in [6.07, 6.45) is 0. The third-order valence-corrected chi connectivity index (χ3v) is 3.54. The third-order valence-electron chi connectivity index (χ3n) is 3.54. The fraction of sp³-hybridized carbons (Fsp3) is 0.176. The lowest BCUT2D eigenvalue weighted by atomic mass is 10.2. The van der Waals surface area contributed by atoms with E-state index in [0.717, 1.165) is 0 Å². The van der Waals surface area contributed by atoms with Crippen molar-refractivity contribution in [2.24, 2.45) is 5.73 Å². The third kappa shape index (κ3) is 3.58. The van der Waals surface area contributed by atoms with Crippen molar-refractivity contribution in [1.29, 1.82) is 0 Å². The van der Waals surface area contributed by atoms with Crippen LogP contribution in [0, 0.1) is 11.6 Å². The number of rotatable bonds is 5. The number of nitrogens with one attached hydrogen (secondary N) is 1. The monoisotopic (exact) mass is 347 g/mol. The van der Waals surface area contributed by atoms with E-state index < -0.39 is 17.6 Å². The number of ether oxygens (including phenoxy) is 1. The summed E-state index contributed by atoms with van der Waals surface area (Å²) in [6, 6.07) is 7.12. The van der Waals surface area contributed by atoms with Gasteiger partial charge in [0.15, 0.2) is 11.4 Å². The van der Waals surface area contributed by atoms with Crippen molar-refractivity contribution in [3.8, 4) is 0 Å². The number of esters is 1. The maximum absolute atomic E-state index is 14.4. The highest BCUT2D eigenvalue weighted by Crippen LogP contribution is 2.28. The normalized spacial score (nSPS) is 10.9. The minimum absolute atomic E-state index is 0.0415. The smallest absolute Gasteiger partial charge is 0.302 e. The van der Waals surface area contributed by atoms with E-state index in [1.165, 1.54) is 31.2 Å². The molecule has 0 atom stereocenters. The number of nitrogens with two attached hydrogens (primary N) is 1. The predicted octanol–water partition coefficient (Wildman–Crippen LogP) is 3.37. The van der Waals surface area contributed by atoms with Gasteiger partial charge in [-0.1, -0.05) is 6.07 Å². The van der Waals surface area contributed by atoms with Crippen molar-refractivity contribution in [3.63, 3.8) is 0 Å². The van der Waals surface area contributed by atoms with Crippen molar-refractivity contribution in [1.82, 2.24) is 4.98 Å². The standard InChI is InChI=1S/C17H15F2N3O3/c1-9(23)24-8-10-2-4-14-16(15(10)19)25-17(22-14)21-13-5-3-12(18)6-11(13)7-20/h2-6H,7-8,20H2,1H3,(H,21,22). The topological polar surface area (TPSA) is 90.4 Å². The number of carbonyl (C=O) groups is 1. The first-order valence-corrected chi connectivity index (χ1v) is 7.44. The molecule has 2 aromatic carbocycles. The van der Waals surface area contributed by atoms with Crippen LogP contribution in [0.4, 0.5) is 20.5 Å². The Labute approximate surface area is 141 Å². The van der Waals surface area contributed by atoms with E-state index in [1.54, 1.807) is 6.07 Å². The molecule has 0 radical (unpaired) electrons. The van der Waals surface area contributed by atoms with Gasteiger partial charge in [0.1, 0.15) is 17.9 Å². The molecule has 3 N–H and O–H groups in total. The fourth-order valence-corrected chi connectivity index (χ4v) is 2.31. The van der Waals surface area contributed by atoms with Gasteiger partial charge in [0.25, 0.3) is 6.01 Å². The molecule has 0 aliphatic rings. The molecule has 0 saturated heterocycles. The number of fused-ring (bicyclic) bond motifs is 1. The lowest BCUT2D eigenvalue weighted by Gasteiger charge is -2.07. The summed E-state index contributed by atoms with van der Waals surface area (Å²) in [5.41, 5.74) is 7.03. The molecule has 0 amide bonds. The van der Waals surface area contributed by atoms with Gasteiger partial charge in [0.05, 0.1) is 0 Å². The summed E-state index contributed by atoms with van der Waals surface area (Å²) in [4.78, 5) is 15.0. The number of halogens is 2. The van der Waals surface area contributed by atoms with E-state index in [2.05, 4.69) is 10.3 Å². The second-order valence-corrected chi connectivity index (χ2v) is 5.32. The molecule has 3 aromatic rings. The highest BCUT2D eigenvalue weighted by molar-refractivity contribution is 5.77. The Morgan fingerprint density at radius 2 is 2.08 bits per heavy atom. The first-order valence-electron chi connectivity index (χ1n) is 7.44. The highest BCUT2D eigenvalue weighted by Gasteiger charge is 2.16. The van der Waals surface area contributed by atoms with Crippen LogP contribution in [0.25, 0.3) is 11.1 Å². The lowest BCUT2D eigenvalue weighted by Crippen LogP contribution is -2.02. The number of carbonyl (C=O) groups excluding carboxylic acids is 1. The highest BCUT2D eigenvalue weighted by atomic mass is 19.1. The molecule has 8 heteroatoms. The Hall–Kier alpha value is -3.00. The van der Waals surface area contributed by atoms with Crippen LogP contribution in [0.5, 0.6) is 0 Å². The van der Waals surface area contributed by atoms with E-state index in [1.807, 2.05) is 0 Å². The van der Waals surface area contributed by atoms with Crippen molar-refractivity contribution in [2.45, 2.75) is 20.1 Å². The zero-order chi connectivity index (χ0) is 18.0. The molecular weight excluding hydrogens is 332 g/mol. The van der Waals surface area contributed by atoms with Gasteiger partial charge in [0.2, 0.25) is 0 Å². The van der Waals surface area contributed by atoms with Crippen LogP contribution in [-0.2, 0) is 22.7 Å². The Morgan fingerprint density at radius 3 is 2.80 bits per heavy atom. The minimum Gasteiger partial charge on any atom is -0.461 e. The zero-order valence-corrected chi connectivity index (χ0v) is 13.3. The van der Waals surface area contributed by atoms with E-state index >= 15 is 0 Å². The number of aromatic nitrogens is 1. The quantitative estimate of drug-likeness (QED) is 0.688. The van der Waals surface area contributed by atoms with Gasteiger partial charge in [0, 0.05) is 24.7 Å². The van der Waals surface area contributed by atoms with Crippen molar-refractivity contribution >= 4 is 28.8 Å². The van der Waals surface area contributed by atoms with Gasteiger partial charge in [-0.2, -0.15) is 4.98 Å². The molecule has 0 spiro atoms. The number of hydrogen-bond donors (Lipinski definition) is 2. The molecule has 0 bridgehead atoms. The van der Waals surface area contributed by atoms with Crippen molar-refractivity contribution in [2.75, 3.05) is 5.32 Å². The zero-order valence-electron chi connectivity index (χ0n) is 13.3. The lowest BCUT2D eigenvalue weighted by molar-refractivity contribution is -0.142. The van der Waals surface area contributed by atoms with E-state index in [-0.39, 0.29) is 30.3 Å². The molecule has 1 heterocycles. The Kier molecular flexibility index (Phi) is 4.62. The van der Waals surface area contributed by atoms with E-state index in [4.69, 9.17) is 14.9 Å². The van der Waals surface area contributed by atoms with Gasteiger partial charge in [-0.05, 0) is 29.8 Å². The summed E-state index contributed by atoms with van der Waals surface area (Å²) in [5.74, 6) is -1.58. The van der Waals surface area contributed by atoms with Crippen molar-refractivity contribution < 1.29 is 22.7 Å². The second-order valence-electron chi connectivity index (χ2n) is 5.32. The maximum Gasteiger partial charge on any atom is 0.302 e. The molecule has 0 saturated carbocycles. The van der Waals surface area contributed by atoms with E-state index in [9.17, 15) is 13.6 Å². The molecule has 1 aromatic heterocycles. The van der Waals surface area contributed by atoms with Gasteiger partial charge in [-0.3, -0.25) is 4.79 Å². The number of nitrogens with zero attached hydrogens (tertiary/aromatic N) is 1. The molecule has 25 heavy (non-hydrogen) atoms. The van der Waals surface area contributed by atoms with Gasteiger partial charge >= 0.3 is 5.97 Å². The Balaban J connectivity index is 1.91. The van der Waals surface area contributed by atoms with Crippen LogP contribution in [0.1, 0.15) is 18.1 Å². The summed E-state index contributed by atoms with van der Waals surface area (Å²) in [7, 11) is 0. The first-order chi connectivity index (χ1) is 12.0. The molecule has 0 unspecified atom stereocenters. The number of hydrogen-bond acceptors (Lipinski definition) is 6. The molecule has 3 rings (SSSR count). The van der Waals surface area contributed by atoms with E-state index in [0.29, 0.717) is 16.8 Å². The molecule has 6 nitrogen and oxygen atoms in total. The Bertz CT molecular complexity index is 940. The van der Waals surface area contributed by atoms with Crippen LogP contribution >= 0.6 is 0 Å². The average Bonchev–Trinajstić information content (AvgIpc) is 2.99. The van der Waals surface area contributed by atoms with Gasteiger partial charge < -0.3 is 20.2 Å². The average molecular weight is 347 g/mol. The second kappa shape index (κ2) is 6.86. The van der Waals surface area contributed by atoms with Gasteiger partial charge in [-0.15, -0.1) is 0 Å². The molecular formula is C17H15F2N3O3. The number of oxazole rings is 1. The summed E-state index contributed by atoms with van der Waals surface area (Å²) >= 11 is 0. The van der Waals surface area contributed by atoms with Gasteiger partial charge in [-0.25, -0.2) is 8.78 Å². The predicted molar refractivity (Wildman–Crippen MR) is 87.0 cm³/mol. The number of benzene rings is 2. The summed E-state index contributed by atoms with van der Waals surface area (Å²) in [5, 5.41) is 2.86. The van der Waals surface area contributed by atoms with Crippen LogP contribution < -0.4 is 11.1 Å². The molecule has 130 valence electrons. The molecule has 0 fully saturated rings. The Morgan fingerprint density at radius 1 is 1.28 bits per heavy atom. The maximum atomic E-state index is 14.4. The number of anilines is 2. The van der Waals surface area contributed by atoms with Crippen LogP contribution in [-0.4, -0.2) is 11.0 Å². The van der Waals surface area contributed by atoms with Crippen molar-refractivity contribution in [3.05, 3.63) is 53.1 Å². The SMILES string of the molecule is CC(=O)OCc1ccc2nc(Nc3ccc(F)cc3CN)oc2c1F. The van der Waals surface area contributed by atoms with Crippen LogP contribution in [0.2, 0.25) is 0 Å². The summed E-state index contributed by atoms with van der Waals surface area (Å²) < 4.78 is 37.9. The van der Waals surface area contributed by atoms with Crippen LogP contribution in [0.15, 0.2) is 34.7 Å². The molecule has 0 aliphatic carbocycles. The van der Waals surface area contributed by atoms with Crippen LogP contribution in [0.3, 0.4) is 0 Å². The minimum atomic E-state index is -0.655. The molecule has 0 aliphatic heterocycles. The first kappa shape index (κ1) is 16.8. The largest absolute Gasteiger partial charge is 0.461 e.